The Bertz CT molecular complexity index is 942. The van der Waals surface area contributed by atoms with Gasteiger partial charge in [0.25, 0.3) is 0 Å². The van der Waals surface area contributed by atoms with E-state index in [9.17, 15) is 0 Å². The maximum Gasteiger partial charge on any atom is 0.138 e. The fourth-order valence-corrected chi connectivity index (χ4v) is 3.32. The van der Waals surface area contributed by atoms with Crippen molar-refractivity contribution >= 4 is 11.8 Å². The molecule has 3 aromatic heterocycles. The first-order chi connectivity index (χ1) is 12.3. The van der Waals surface area contributed by atoms with E-state index in [1.54, 1.807) is 29.0 Å². The monoisotopic (exact) mass is 348 g/mol. The van der Waals surface area contributed by atoms with Crippen LogP contribution >= 0.6 is 11.8 Å². The molecule has 0 fully saturated rings. The molecule has 0 aliphatic carbocycles. The van der Waals surface area contributed by atoms with Gasteiger partial charge in [-0.05, 0) is 35.9 Å². The lowest BCUT2D eigenvalue weighted by Gasteiger charge is -2.05. The van der Waals surface area contributed by atoms with Gasteiger partial charge in [-0.1, -0.05) is 12.1 Å². The smallest absolute Gasteiger partial charge is 0.138 e. The third-order valence-corrected chi connectivity index (χ3v) is 4.87. The number of hydrogen-bond donors (Lipinski definition) is 0. The minimum Gasteiger partial charge on any atom is -0.268 e. The Hall–Kier alpha value is -2.93. The van der Waals surface area contributed by atoms with Crippen molar-refractivity contribution in [2.45, 2.75) is 10.8 Å². The molecule has 0 unspecified atom stereocenters. The molecule has 1 aromatic carbocycles. The minimum absolute atomic E-state index is 0.871. The van der Waals surface area contributed by atoms with E-state index >= 15 is 0 Å². The van der Waals surface area contributed by atoms with E-state index in [0.717, 1.165) is 27.7 Å². The summed E-state index contributed by atoms with van der Waals surface area (Å²) in [7, 11) is 1.93. The number of benzene rings is 1. The summed E-state index contributed by atoms with van der Waals surface area (Å²) in [5.74, 6) is 0.871. The summed E-state index contributed by atoms with van der Waals surface area (Å²) in [6.07, 6.45) is 6.91. The zero-order valence-electron chi connectivity index (χ0n) is 13.6. The Morgan fingerprint density at radius 1 is 1.00 bits per heavy atom. The highest BCUT2D eigenvalue weighted by atomic mass is 32.2. The molecule has 0 atom stereocenters. The number of hydrogen-bond acceptors (Lipinski definition) is 5. The third-order valence-electron chi connectivity index (χ3n) is 3.86. The molecule has 4 rings (SSSR count). The molecular weight excluding hydrogens is 332 g/mol. The van der Waals surface area contributed by atoms with Crippen molar-refractivity contribution in [3.63, 3.8) is 0 Å². The van der Waals surface area contributed by atoms with Crippen molar-refractivity contribution in [1.82, 2.24) is 29.5 Å². The van der Waals surface area contributed by atoms with Gasteiger partial charge in [-0.15, -0.1) is 11.8 Å². The van der Waals surface area contributed by atoms with Gasteiger partial charge in [0.15, 0.2) is 0 Å². The van der Waals surface area contributed by atoms with E-state index in [1.165, 1.54) is 11.9 Å². The van der Waals surface area contributed by atoms with Gasteiger partial charge >= 0.3 is 0 Å². The van der Waals surface area contributed by atoms with Crippen molar-refractivity contribution < 1.29 is 0 Å². The topological polar surface area (TPSA) is 61.4 Å². The zero-order valence-corrected chi connectivity index (χ0v) is 14.5. The van der Waals surface area contributed by atoms with Gasteiger partial charge in [-0.3, -0.25) is 4.68 Å². The highest BCUT2D eigenvalue weighted by Gasteiger charge is 2.04. The molecule has 0 saturated heterocycles. The maximum atomic E-state index is 4.55. The first kappa shape index (κ1) is 15.6. The summed E-state index contributed by atoms with van der Waals surface area (Å²) >= 11 is 1.72. The lowest BCUT2D eigenvalue weighted by atomic mass is 10.2. The van der Waals surface area contributed by atoms with Gasteiger partial charge in [-0.2, -0.15) is 10.2 Å². The minimum atomic E-state index is 0.871. The highest BCUT2D eigenvalue weighted by Crippen LogP contribution is 2.24. The molecule has 0 saturated carbocycles. The molecule has 25 heavy (non-hydrogen) atoms. The van der Waals surface area contributed by atoms with Gasteiger partial charge in [0, 0.05) is 30.8 Å². The van der Waals surface area contributed by atoms with Crippen LogP contribution in [0.15, 0.2) is 72.5 Å². The van der Waals surface area contributed by atoms with Crippen LogP contribution in [-0.2, 0) is 12.8 Å². The van der Waals surface area contributed by atoms with E-state index in [1.807, 2.05) is 36.1 Å². The Morgan fingerprint density at radius 3 is 2.52 bits per heavy atom. The van der Waals surface area contributed by atoms with Crippen LogP contribution in [0.25, 0.3) is 16.9 Å². The van der Waals surface area contributed by atoms with Crippen LogP contribution in [0.5, 0.6) is 0 Å². The molecule has 7 heteroatoms. The standard InChI is InChI=1S/C18H16N6S/c1-23-17(8-9-21-23)15-4-7-18(20-10-15)25-11-14-2-5-16(6-3-14)24-13-19-12-22-24/h2-10,12-13H,11H2,1H3. The van der Waals surface area contributed by atoms with Crippen LogP contribution in [0, 0.1) is 0 Å². The Kier molecular flexibility index (Phi) is 4.30. The molecule has 0 bridgehead atoms. The molecule has 0 amide bonds. The van der Waals surface area contributed by atoms with Crippen LogP contribution in [-0.4, -0.2) is 29.5 Å². The molecule has 124 valence electrons. The second-order valence-electron chi connectivity index (χ2n) is 5.52. The Balaban J connectivity index is 1.40. The number of aromatic nitrogens is 6. The number of pyridine rings is 1. The summed E-state index contributed by atoms with van der Waals surface area (Å²) in [4.78, 5) is 8.51. The predicted molar refractivity (Wildman–Crippen MR) is 97.4 cm³/mol. The van der Waals surface area contributed by atoms with E-state index in [0.29, 0.717) is 0 Å². The molecule has 4 aromatic rings. The highest BCUT2D eigenvalue weighted by molar-refractivity contribution is 7.98. The summed E-state index contributed by atoms with van der Waals surface area (Å²) < 4.78 is 3.59. The van der Waals surface area contributed by atoms with Gasteiger partial charge in [0.05, 0.1) is 16.4 Å². The number of thioether (sulfide) groups is 1. The Morgan fingerprint density at radius 2 is 1.88 bits per heavy atom. The molecule has 0 radical (unpaired) electrons. The number of nitrogens with zero attached hydrogens (tertiary/aromatic N) is 6. The molecule has 0 aliphatic rings. The van der Waals surface area contributed by atoms with Crippen LogP contribution in [0.4, 0.5) is 0 Å². The van der Waals surface area contributed by atoms with E-state index in [4.69, 9.17) is 0 Å². The second kappa shape index (κ2) is 6.90. The second-order valence-corrected chi connectivity index (χ2v) is 6.52. The summed E-state index contributed by atoms with van der Waals surface area (Å²) in [6, 6.07) is 14.4. The maximum absolute atomic E-state index is 4.55. The van der Waals surface area contributed by atoms with Crippen molar-refractivity contribution in [2.75, 3.05) is 0 Å². The van der Waals surface area contributed by atoms with Gasteiger partial charge in [0.1, 0.15) is 12.7 Å². The molecule has 0 aliphatic heterocycles. The first-order valence-electron chi connectivity index (χ1n) is 7.81. The van der Waals surface area contributed by atoms with Crippen molar-refractivity contribution in [2.24, 2.45) is 7.05 Å². The van der Waals surface area contributed by atoms with Crippen LogP contribution in [0.2, 0.25) is 0 Å². The molecule has 6 nitrogen and oxygen atoms in total. The molecular formula is C18H16N6S. The molecule has 3 heterocycles. The summed E-state index contributed by atoms with van der Waals surface area (Å²) in [5.41, 5.74) is 4.38. The van der Waals surface area contributed by atoms with Gasteiger partial charge in [0.2, 0.25) is 0 Å². The van der Waals surface area contributed by atoms with Crippen molar-refractivity contribution in [3.05, 3.63) is 73.1 Å². The SMILES string of the molecule is Cn1nccc1-c1ccc(SCc2ccc(-n3cncn3)cc2)nc1. The average molecular weight is 348 g/mol. The van der Waals surface area contributed by atoms with Crippen molar-refractivity contribution in [3.8, 4) is 16.9 Å². The normalized spacial score (nSPS) is 10.9. The number of aryl methyl sites for hydroxylation is 1. The third kappa shape index (κ3) is 3.46. The fraction of sp³-hybridized carbons (Fsp3) is 0.111. The van der Waals surface area contributed by atoms with E-state index < -0.39 is 0 Å². The van der Waals surface area contributed by atoms with Gasteiger partial charge < -0.3 is 0 Å². The quantitative estimate of drug-likeness (QED) is 0.518. The summed E-state index contributed by atoms with van der Waals surface area (Å²) in [6.45, 7) is 0. The van der Waals surface area contributed by atoms with Crippen molar-refractivity contribution in [1.29, 1.82) is 0 Å². The van der Waals surface area contributed by atoms with Crippen LogP contribution in [0.3, 0.4) is 0 Å². The average Bonchev–Trinajstić information content (AvgIpc) is 3.33. The molecule has 0 N–H and O–H groups in total. The summed E-state index contributed by atoms with van der Waals surface area (Å²) in [5, 5.41) is 9.33. The predicted octanol–water partition coefficient (Wildman–Crippen LogP) is 3.36. The lowest BCUT2D eigenvalue weighted by Crippen LogP contribution is -1.94. The zero-order chi connectivity index (χ0) is 17.1. The number of rotatable bonds is 5. The van der Waals surface area contributed by atoms with E-state index in [2.05, 4.69) is 44.4 Å². The fourth-order valence-electron chi connectivity index (χ4n) is 2.52. The molecule has 0 spiro atoms. The Labute approximate surface area is 149 Å². The van der Waals surface area contributed by atoms with Crippen LogP contribution < -0.4 is 0 Å². The van der Waals surface area contributed by atoms with E-state index in [-0.39, 0.29) is 0 Å². The van der Waals surface area contributed by atoms with Crippen LogP contribution in [0.1, 0.15) is 5.56 Å². The first-order valence-corrected chi connectivity index (χ1v) is 8.79. The lowest BCUT2D eigenvalue weighted by molar-refractivity contribution is 0.775. The van der Waals surface area contributed by atoms with Gasteiger partial charge in [-0.25, -0.2) is 14.6 Å². The largest absolute Gasteiger partial charge is 0.268 e.